The molecule has 2 aliphatic rings. The molecule has 0 spiro atoms. The third kappa shape index (κ3) is 3.25. The predicted octanol–water partition coefficient (Wildman–Crippen LogP) is 1.48. The van der Waals surface area contributed by atoms with E-state index >= 15 is 0 Å². The molecule has 2 rings (SSSR count). The minimum atomic E-state index is -2.92. The number of rotatable bonds is 3. The van der Waals surface area contributed by atoms with Crippen molar-refractivity contribution in [1.29, 1.82) is 0 Å². The average Bonchev–Trinajstić information content (AvgIpc) is 2.74. The zero-order valence-electron chi connectivity index (χ0n) is 11.3. The molecule has 0 amide bonds. The highest BCUT2D eigenvalue weighted by molar-refractivity contribution is 7.91. The summed E-state index contributed by atoms with van der Waals surface area (Å²) in [5.74, 6) is 0.300. The molecule has 1 aliphatic carbocycles. The van der Waals surface area contributed by atoms with Gasteiger partial charge in [0, 0.05) is 12.3 Å². The summed E-state index contributed by atoms with van der Waals surface area (Å²) >= 11 is 0. The zero-order chi connectivity index (χ0) is 13.3. The maximum absolute atomic E-state index is 11.7. The second-order valence-corrected chi connectivity index (χ2v) is 8.34. The average molecular weight is 275 g/mol. The fourth-order valence-corrected chi connectivity index (χ4v) is 4.53. The monoisotopic (exact) mass is 275 g/mol. The van der Waals surface area contributed by atoms with E-state index in [2.05, 4.69) is 6.92 Å². The molecule has 5 heteroatoms. The first-order valence-electron chi connectivity index (χ1n) is 6.98. The van der Waals surface area contributed by atoms with Gasteiger partial charge in [-0.2, -0.15) is 0 Å². The van der Waals surface area contributed by atoms with Crippen molar-refractivity contribution in [3.05, 3.63) is 0 Å². The quantitative estimate of drug-likeness (QED) is 0.847. The number of ether oxygens (including phenoxy) is 1. The first-order valence-corrected chi connectivity index (χ1v) is 8.93. The molecular formula is C13H25NO3S. The van der Waals surface area contributed by atoms with Gasteiger partial charge in [-0.3, -0.25) is 0 Å². The van der Waals surface area contributed by atoms with Crippen LogP contribution in [0.1, 0.15) is 45.4 Å². The van der Waals surface area contributed by atoms with Gasteiger partial charge < -0.3 is 10.5 Å². The van der Waals surface area contributed by atoms with Crippen LogP contribution in [0.3, 0.4) is 0 Å². The van der Waals surface area contributed by atoms with Gasteiger partial charge in [0.05, 0.1) is 17.5 Å². The van der Waals surface area contributed by atoms with Gasteiger partial charge in [-0.1, -0.05) is 6.42 Å². The molecule has 0 bridgehead atoms. The maximum Gasteiger partial charge on any atom is 0.150 e. The van der Waals surface area contributed by atoms with Crippen molar-refractivity contribution < 1.29 is 13.2 Å². The summed E-state index contributed by atoms with van der Waals surface area (Å²) in [5.41, 5.74) is 6.30. The molecule has 1 aliphatic heterocycles. The number of nitrogens with two attached hydrogens (primary N) is 1. The van der Waals surface area contributed by atoms with Gasteiger partial charge in [0.25, 0.3) is 0 Å². The second-order valence-electron chi connectivity index (χ2n) is 6.02. The summed E-state index contributed by atoms with van der Waals surface area (Å²) in [5, 5.41) is -0.193. The van der Waals surface area contributed by atoms with Crippen molar-refractivity contribution in [2.75, 3.05) is 6.26 Å². The van der Waals surface area contributed by atoms with Gasteiger partial charge in [-0.05, 0) is 44.9 Å². The Hall–Kier alpha value is -0.130. The molecule has 1 saturated carbocycles. The number of sulfone groups is 1. The third-order valence-electron chi connectivity index (χ3n) is 4.51. The van der Waals surface area contributed by atoms with Gasteiger partial charge >= 0.3 is 0 Å². The van der Waals surface area contributed by atoms with Crippen LogP contribution in [-0.4, -0.2) is 38.2 Å². The van der Waals surface area contributed by atoms with Gasteiger partial charge in [0.15, 0.2) is 0 Å². The van der Waals surface area contributed by atoms with E-state index in [-0.39, 0.29) is 17.4 Å². The van der Waals surface area contributed by atoms with E-state index in [0.717, 1.165) is 32.1 Å². The Balaban J connectivity index is 1.96. The van der Waals surface area contributed by atoms with Gasteiger partial charge in [0.2, 0.25) is 0 Å². The van der Waals surface area contributed by atoms with Crippen LogP contribution in [0.25, 0.3) is 0 Å². The Kier molecular flexibility index (Phi) is 4.34. The molecule has 2 fully saturated rings. The highest BCUT2D eigenvalue weighted by atomic mass is 32.2. The highest BCUT2D eigenvalue weighted by Gasteiger charge is 2.37. The first kappa shape index (κ1) is 14.3. The molecule has 106 valence electrons. The van der Waals surface area contributed by atoms with Crippen LogP contribution in [0.15, 0.2) is 0 Å². The summed E-state index contributed by atoms with van der Waals surface area (Å²) in [6.45, 7) is 2.08. The Morgan fingerprint density at radius 1 is 1.22 bits per heavy atom. The largest absolute Gasteiger partial charge is 0.374 e. The first-order chi connectivity index (χ1) is 8.38. The smallest absolute Gasteiger partial charge is 0.150 e. The number of hydrogen-bond acceptors (Lipinski definition) is 4. The van der Waals surface area contributed by atoms with E-state index in [1.807, 2.05) is 0 Å². The van der Waals surface area contributed by atoms with Crippen molar-refractivity contribution in [3.63, 3.8) is 0 Å². The van der Waals surface area contributed by atoms with Crippen LogP contribution >= 0.6 is 0 Å². The SMILES string of the molecule is CC1CCC(C(N)C2CCCC(S(C)(=O)=O)C2)O1. The lowest BCUT2D eigenvalue weighted by atomic mass is 9.81. The van der Waals surface area contributed by atoms with Crippen LogP contribution in [-0.2, 0) is 14.6 Å². The molecule has 0 aromatic rings. The zero-order valence-corrected chi connectivity index (χ0v) is 12.2. The molecule has 1 heterocycles. The molecule has 5 unspecified atom stereocenters. The van der Waals surface area contributed by atoms with E-state index in [1.165, 1.54) is 6.26 Å². The van der Waals surface area contributed by atoms with Gasteiger partial charge in [0.1, 0.15) is 9.84 Å². The molecule has 2 N–H and O–H groups in total. The van der Waals surface area contributed by atoms with Crippen LogP contribution in [0, 0.1) is 5.92 Å². The van der Waals surface area contributed by atoms with Crippen LogP contribution in [0.4, 0.5) is 0 Å². The molecule has 18 heavy (non-hydrogen) atoms. The summed E-state index contributed by atoms with van der Waals surface area (Å²) in [6.07, 6.45) is 7.39. The van der Waals surface area contributed by atoms with Crippen molar-refractivity contribution in [3.8, 4) is 0 Å². The van der Waals surface area contributed by atoms with E-state index in [0.29, 0.717) is 18.4 Å². The molecule has 0 aromatic heterocycles. The lowest BCUT2D eigenvalue weighted by molar-refractivity contribution is 0.0230. The van der Waals surface area contributed by atoms with Crippen molar-refractivity contribution >= 4 is 9.84 Å². The van der Waals surface area contributed by atoms with E-state index in [1.54, 1.807) is 0 Å². The summed E-state index contributed by atoms with van der Waals surface area (Å²) in [7, 11) is -2.92. The summed E-state index contributed by atoms with van der Waals surface area (Å²) in [4.78, 5) is 0. The topological polar surface area (TPSA) is 69.4 Å². The maximum atomic E-state index is 11.7. The minimum Gasteiger partial charge on any atom is -0.374 e. The molecule has 0 radical (unpaired) electrons. The van der Waals surface area contributed by atoms with Gasteiger partial charge in [-0.15, -0.1) is 0 Å². The normalized spacial score (nSPS) is 39.7. The van der Waals surface area contributed by atoms with Crippen LogP contribution in [0.2, 0.25) is 0 Å². The van der Waals surface area contributed by atoms with Crippen LogP contribution in [0.5, 0.6) is 0 Å². The van der Waals surface area contributed by atoms with E-state index in [4.69, 9.17) is 10.5 Å². The van der Waals surface area contributed by atoms with E-state index < -0.39 is 9.84 Å². The second kappa shape index (κ2) is 5.47. The fraction of sp³-hybridized carbons (Fsp3) is 1.00. The van der Waals surface area contributed by atoms with Crippen molar-refractivity contribution in [2.45, 2.75) is 68.9 Å². The molecule has 4 nitrogen and oxygen atoms in total. The fourth-order valence-electron chi connectivity index (χ4n) is 3.34. The summed E-state index contributed by atoms with van der Waals surface area (Å²) in [6, 6.07) is -0.000463. The standard InChI is InChI=1S/C13H25NO3S/c1-9-6-7-12(17-9)13(14)10-4-3-5-11(8-10)18(2,15)16/h9-13H,3-8,14H2,1-2H3. The lowest BCUT2D eigenvalue weighted by Crippen LogP contribution is -2.44. The van der Waals surface area contributed by atoms with Gasteiger partial charge in [-0.25, -0.2) is 8.42 Å². The Morgan fingerprint density at radius 2 is 1.94 bits per heavy atom. The van der Waals surface area contributed by atoms with E-state index in [9.17, 15) is 8.42 Å². The number of hydrogen-bond donors (Lipinski definition) is 1. The Bertz CT molecular complexity index is 382. The lowest BCUT2D eigenvalue weighted by Gasteiger charge is -2.34. The highest BCUT2D eigenvalue weighted by Crippen LogP contribution is 2.34. The Morgan fingerprint density at radius 3 is 2.50 bits per heavy atom. The molecular weight excluding hydrogens is 250 g/mol. The minimum absolute atomic E-state index is 0.000463. The Labute approximate surface area is 110 Å². The molecule has 1 saturated heterocycles. The molecule has 5 atom stereocenters. The third-order valence-corrected chi connectivity index (χ3v) is 6.15. The summed E-state index contributed by atoms with van der Waals surface area (Å²) < 4.78 is 29.1. The van der Waals surface area contributed by atoms with Crippen molar-refractivity contribution in [2.24, 2.45) is 11.7 Å². The van der Waals surface area contributed by atoms with Crippen molar-refractivity contribution in [1.82, 2.24) is 0 Å². The predicted molar refractivity (Wildman–Crippen MR) is 72.1 cm³/mol. The van der Waals surface area contributed by atoms with Crippen LogP contribution < -0.4 is 5.73 Å². The molecule has 0 aromatic carbocycles.